The van der Waals surface area contributed by atoms with E-state index in [1.54, 1.807) is 0 Å². The number of halogens is 2. The average Bonchev–Trinajstić information content (AvgIpc) is 2.83. The second-order valence-corrected chi connectivity index (χ2v) is 7.36. The molecule has 1 aliphatic heterocycles. The molecule has 1 aromatic carbocycles. The Bertz CT molecular complexity index is 555. The summed E-state index contributed by atoms with van der Waals surface area (Å²) in [5.74, 6) is 0.908. The van der Waals surface area contributed by atoms with Gasteiger partial charge in [-0.25, -0.2) is 0 Å². The second kappa shape index (κ2) is 14.4. The molecule has 0 aromatic heterocycles. The van der Waals surface area contributed by atoms with E-state index in [0.717, 1.165) is 50.0 Å². The molecule has 1 aromatic rings. The van der Waals surface area contributed by atoms with E-state index < -0.39 is 0 Å². The second-order valence-electron chi connectivity index (χ2n) is 6.92. The van der Waals surface area contributed by atoms with Crippen LogP contribution in [-0.4, -0.2) is 75.2 Å². The summed E-state index contributed by atoms with van der Waals surface area (Å²) in [6, 6.07) is 8.03. The van der Waals surface area contributed by atoms with Crippen molar-refractivity contribution in [1.82, 2.24) is 20.4 Å². The van der Waals surface area contributed by atoms with Crippen LogP contribution < -0.4 is 10.6 Å². The highest BCUT2D eigenvalue weighted by Crippen LogP contribution is 2.10. The lowest BCUT2D eigenvalue weighted by Gasteiger charge is -2.19. The molecule has 1 heterocycles. The van der Waals surface area contributed by atoms with Gasteiger partial charge < -0.3 is 20.4 Å². The van der Waals surface area contributed by atoms with Crippen molar-refractivity contribution in [2.24, 2.45) is 4.99 Å². The van der Waals surface area contributed by atoms with Gasteiger partial charge in [0.15, 0.2) is 5.96 Å². The fourth-order valence-electron chi connectivity index (χ4n) is 3.17. The van der Waals surface area contributed by atoms with Crippen LogP contribution >= 0.6 is 35.6 Å². The number of nitrogens with one attached hydrogen (secondary N) is 2. The highest BCUT2D eigenvalue weighted by Gasteiger charge is 2.11. The Balaban J connectivity index is 0.00000364. The Morgan fingerprint density at radius 2 is 2.04 bits per heavy atom. The maximum absolute atomic E-state index is 6.04. The van der Waals surface area contributed by atoms with Crippen molar-refractivity contribution in [2.75, 3.05) is 59.4 Å². The van der Waals surface area contributed by atoms with Crippen LogP contribution in [0, 0.1) is 0 Å². The molecular formula is C20H35ClIN5. The fourth-order valence-corrected chi connectivity index (χ4v) is 3.38. The molecule has 0 atom stereocenters. The van der Waals surface area contributed by atoms with Gasteiger partial charge in [0.2, 0.25) is 0 Å². The van der Waals surface area contributed by atoms with Gasteiger partial charge in [-0.3, -0.25) is 4.99 Å². The zero-order valence-electron chi connectivity index (χ0n) is 16.7. The van der Waals surface area contributed by atoms with E-state index in [0.29, 0.717) is 0 Å². The number of rotatable bonds is 8. The van der Waals surface area contributed by atoms with Gasteiger partial charge in [0.1, 0.15) is 0 Å². The van der Waals surface area contributed by atoms with Crippen molar-refractivity contribution in [3.63, 3.8) is 0 Å². The summed E-state index contributed by atoms with van der Waals surface area (Å²) in [5.41, 5.74) is 1.24. The van der Waals surface area contributed by atoms with E-state index in [9.17, 15) is 0 Å². The van der Waals surface area contributed by atoms with Crippen molar-refractivity contribution < 1.29 is 0 Å². The monoisotopic (exact) mass is 507 g/mol. The molecule has 1 saturated heterocycles. The summed E-state index contributed by atoms with van der Waals surface area (Å²) in [4.78, 5) is 9.71. The third kappa shape index (κ3) is 10.5. The first kappa shape index (κ1) is 24.5. The minimum absolute atomic E-state index is 0. The smallest absolute Gasteiger partial charge is 0.191 e. The van der Waals surface area contributed by atoms with Crippen LogP contribution in [0.15, 0.2) is 29.3 Å². The SMILES string of the molecule is CCNC(=NCCCN1CCCN(C)CC1)NCCc1cccc(Cl)c1.I. The van der Waals surface area contributed by atoms with Gasteiger partial charge >= 0.3 is 0 Å². The zero-order chi connectivity index (χ0) is 18.6. The van der Waals surface area contributed by atoms with Crippen LogP contribution in [0.4, 0.5) is 0 Å². The van der Waals surface area contributed by atoms with E-state index in [4.69, 9.17) is 16.6 Å². The lowest BCUT2D eigenvalue weighted by Crippen LogP contribution is -2.38. The molecule has 0 bridgehead atoms. The molecule has 1 aliphatic rings. The van der Waals surface area contributed by atoms with Crippen molar-refractivity contribution in [3.8, 4) is 0 Å². The number of hydrogen-bond acceptors (Lipinski definition) is 3. The maximum Gasteiger partial charge on any atom is 0.191 e. The standard InChI is InChI=1S/C20H34ClN5.HI/c1-3-22-20(24-11-9-18-7-4-8-19(21)17-18)23-10-5-13-26-14-6-12-25(2)15-16-26;/h4,7-8,17H,3,5-6,9-16H2,1-2H3,(H2,22,23,24);1H. The number of guanidine groups is 1. The number of hydrogen-bond donors (Lipinski definition) is 2. The van der Waals surface area contributed by atoms with E-state index in [1.165, 1.54) is 38.2 Å². The molecule has 154 valence electrons. The molecular weight excluding hydrogens is 473 g/mol. The van der Waals surface area contributed by atoms with Crippen LogP contribution in [0.5, 0.6) is 0 Å². The molecule has 27 heavy (non-hydrogen) atoms. The van der Waals surface area contributed by atoms with Crippen LogP contribution in [-0.2, 0) is 6.42 Å². The molecule has 2 rings (SSSR count). The molecule has 0 amide bonds. The molecule has 0 unspecified atom stereocenters. The van der Waals surface area contributed by atoms with E-state index in [2.05, 4.69) is 40.5 Å². The summed E-state index contributed by atoms with van der Waals surface area (Å²) < 4.78 is 0. The molecule has 7 heteroatoms. The van der Waals surface area contributed by atoms with Gasteiger partial charge in [0.05, 0.1) is 0 Å². The topological polar surface area (TPSA) is 42.9 Å². The Hall–Kier alpha value is -0.570. The van der Waals surface area contributed by atoms with Crippen LogP contribution in [0.1, 0.15) is 25.3 Å². The predicted molar refractivity (Wildman–Crippen MR) is 128 cm³/mol. The molecule has 2 N–H and O–H groups in total. The normalized spacial score (nSPS) is 16.5. The summed E-state index contributed by atoms with van der Waals surface area (Å²) >= 11 is 6.04. The zero-order valence-corrected chi connectivity index (χ0v) is 19.8. The number of benzene rings is 1. The van der Waals surface area contributed by atoms with Crippen LogP contribution in [0.2, 0.25) is 5.02 Å². The van der Waals surface area contributed by atoms with Crippen molar-refractivity contribution in [3.05, 3.63) is 34.9 Å². The molecule has 0 aliphatic carbocycles. The first-order valence-electron chi connectivity index (χ1n) is 9.85. The third-order valence-corrected chi connectivity index (χ3v) is 4.89. The Morgan fingerprint density at radius 3 is 2.81 bits per heavy atom. The first-order valence-corrected chi connectivity index (χ1v) is 10.2. The van der Waals surface area contributed by atoms with Gasteiger partial charge in [0, 0.05) is 37.7 Å². The Labute approximate surface area is 186 Å². The summed E-state index contributed by atoms with van der Waals surface area (Å²) in [7, 11) is 2.21. The molecule has 0 radical (unpaired) electrons. The minimum atomic E-state index is 0. The predicted octanol–water partition coefficient (Wildman–Crippen LogP) is 3.08. The van der Waals surface area contributed by atoms with Gasteiger partial charge in [-0.05, 0) is 70.6 Å². The lowest BCUT2D eigenvalue weighted by molar-refractivity contribution is 0.275. The first-order chi connectivity index (χ1) is 12.7. The van der Waals surface area contributed by atoms with Crippen LogP contribution in [0.25, 0.3) is 0 Å². The summed E-state index contributed by atoms with van der Waals surface area (Å²) in [6.45, 7) is 10.6. The average molecular weight is 508 g/mol. The van der Waals surface area contributed by atoms with Gasteiger partial charge in [0.25, 0.3) is 0 Å². The molecule has 0 saturated carbocycles. The minimum Gasteiger partial charge on any atom is -0.357 e. The third-order valence-electron chi connectivity index (χ3n) is 4.65. The van der Waals surface area contributed by atoms with Gasteiger partial charge in [-0.15, -0.1) is 24.0 Å². The lowest BCUT2D eigenvalue weighted by atomic mass is 10.1. The van der Waals surface area contributed by atoms with Gasteiger partial charge in [-0.1, -0.05) is 23.7 Å². The Morgan fingerprint density at radius 1 is 1.19 bits per heavy atom. The van der Waals surface area contributed by atoms with Crippen molar-refractivity contribution in [1.29, 1.82) is 0 Å². The molecule has 1 fully saturated rings. The largest absolute Gasteiger partial charge is 0.357 e. The maximum atomic E-state index is 6.04. The van der Waals surface area contributed by atoms with E-state index in [-0.39, 0.29) is 24.0 Å². The highest BCUT2D eigenvalue weighted by atomic mass is 127. The highest BCUT2D eigenvalue weighted by molar-refractivity contribution is 14.0. The van der Waals surface area contributed by atoms with Crippen molar-refractivity contribution >= 4 is 41.5 Å². The van der Waals surface area contributed by atoms with Crippen molar-refractivity contribution in [2.45, 2.75) is 26.2 Å². The van der Waals surface area contributed by atoms with Crippen LogP contribution in [0.3, 0.4) is 0 Å². The van der Waals surface area contributed by atoms with E-state index in [1.807, 2.05) is 18.2 Å². The Kier molecular flexibility index (Phi) is 13.1. The van der Waals surface area contributed by atoms with E-state index >= 15 is 0 Å². The fraction of sp³-hybridized carbons (Fsp3) is 0.650. The molecule has 0 spiro atoms. The number of nitrogens with zero attached hydrogens (tertiary/aromatic N) is 3. The summed E-state index contributed by atoms with van der Waals surface area (Å²) in [6.07, 6.45) is 3.31. The number of likely N-dealkylation sites (N-methyl/N-ethyl adjacent to an activating group) is 1. The molecule has 5 nitrogen and oxygen atoms in total. The van der Waals surface area contributed by atoms with Gasteiger partial charge in [-0.2, -0.15) is 0 Å². The number of aliphatic imine (C=N–C) groups is 1. The quantitative estimate of drug-likeness (QED) is 0.246. The summed E-state index contributed by atoms with van der Waals surface area (Å²) in [5, 5.41) is 7.54.